The molecule has 1 unspecified atom stereocenters. The molecule has 0 saturated carbocycles. The Hall–Kier alpha value is -1.43. The van der Waals surface area contributed by atoms with Gasteiger partial charge in [-0.05, 0) is 29.2 Å². The molecule has 1 aromatic rings. The second-order valence-electron chi connectivity index (χ2n) is 3.46. The maximum absolute atomic E-state index is 10.6. The second-order valence-corrected chi connectivity index (χ2v) is 3.46. The summed E-state index contributed by atoms with van der Waals surface area (Å²) in [6.07, 6.45) is 4.20. The Kier molecular flexibility index (Phi) is 2.20. The van der Waals surface area contributed by atoms with Crippen molar-refractivity contribution in [3.05, 3.63) is 22.1 Å². The second kappa shape index (κ2) is 3.38. The zero-order valence-corrected chi connectivity index (χ0v) is 7.72. The Balaban J connectivity index is 2.42. The summed E-state index contributed by atoms with van der Waals surface area (Å²) >= 11 is 0. The topological polar surface area (TPSA) is 87.0 Å². The molecule has 2 heterocycles. The minimum absolute atomic E-state index is 0.0110. The van der Waals surface area contributed by atoms with E-state index in [1.54, 1.807) is 0 Å². The van der Waals surface area contributed by atoms with E-state index in [-0.39, 0.29) is 11.9 Å². The van der Waals surface area contributed by atoms with Gasteiger partial charge in [-0.15, -0.1) is 0 Å². The number of imidazole rings is 1. The predicted molar refractivity (Wildman–Crippen MR) is 49.9 cm³/mol. The van der Waals surface area contributed by atoms with Crippen LogP contribution in [0, 0.1) is 10.1 Å². The van der Waals surface area contributed by atoms with Gasteiger partial charge in [-0.1, -0.05) is 0 Å². The zero-order chi connectivity index (χ0) is 10.1. The number of fused-ring (bicyclic) bond motifs is 1. The zero-order valence-electron chi connectivity index (χ0n) is 7.72. The smallest absolute Gasteiger partial charge is 0.358 e. The molecule has 1 aromatic heterocycles. The summed E-state index contributed by atoms with van der Waals surface area (Å²) < 4.78 is 1.85. The third-order valence-corrected chi connectivity index (χ3v) is 2.66. The first-order valence-corrected chi connectivity index (χ1v) is 4.64. The fraction of sp³-hybridized carbons (Fsp3) is 0.625. The lowest BCUT2D eigenvalue weighted by atomic mass is 10.0. The first-order valence-electron chi connectivity index (χ1n) is 4.64. The van der Waals surface area contributed by atoms with Gasteiger partial charge in [0.15, 0.2) is 0 Å². The largest absolute Gasteiger partial charge is 0.384 e. The lowest BCUT2D eigenvalue weighted by Crippen LogP contribution is -2.24. The minimum Gasteiger partial charge on any atom is -0.358 e. The summed E-state index contributed by atoms with van der Waals surface area (Å²) in [6.45, 7) is 0.514. The first-order chi connectivity index (χ1) is 6.74. The molecule has 1 aliphatic rings. The highest BCUT2D eigenvalue weighted by Gasteiger charge is 2.28. The SMILES string of the molecule is NCC1CCCc2c([N+](=O)[O-])ncn21. The van der Waals surface area contributed by atoms with Gasteiger partial charge in [0.05, 0.1) is 0 Å². The first kappa shape index (κ1) is 9.14. The van der Waals surface area contributed by atoms with Crippen molar-refractivity contribution in [1.29, 1.82) is 0 Å². The van der Waals surface area contributed by atoms with E-state index < -0.39 is 4.92 Å². The van der Waals surface area contributed by atoms with Crippen molar-refractivity contribution in [1.82, 2.24) is 9.55 Å². The van der Waals surface area contributed by atoms with Crippen molar-refractivity contribution in [2.45, 2.75) is 25.3 Å². The summed E-state index contributed by atoms with van der Waals surface area (Å²) in [7, 11) is 0. The highest BCUT2D eigenvalue weighted by molar-refractivity contribution is 5.29. The van der Waals surface area contributed by atoms with Gasteiger partial charge in [0.1, 0.15) is 5.69 Å². The molecular formula is C8H12N4O2. The van der Waals surface area contributed by atoms with Crippen molar-refractivity contribution in [3.63, 3.8) is 0 Å². The van der Waals surface area contributed by atoms with Crippen LogP contribution in [0.5, 0.6) is 0 Å². The van der Waals surface area contributed by atoms with E-state index in [2.05, 4.69) is 4.98 Å². The Bertz CT molecular complexity index is 360. The standard InChI is InChI=1S/C8H12N4O2/c9-4-6-2-1-3-7-8(12(13)14)10-5-11(6)7/h5-6H,1-4,9H2. The average molecular weight is 196 g/mol. The van der Waals surface area contributed by atoms with E-state index in [0.29, 0.717) is 6.54 Å². The van der Waals surface area contributed by atoms with Crippen LogP contribution >= 0.6 is 0 Å². The monoisotopic (exact) mass is 196 g/mol. The number of rotatable bonds is 2. The van der Waals surface area contributed by atoms with Gasteiger partial charge in [-0.3, -0.25) is 0 Å². The predicted octanol–water partition coefficient (Wildman–Crippen LogP) is 0.627. The van der Waals surface area contributed by atoms with Crippen molar-refractivity contribution in [3.8, 4) is 0 Å². The average Bonchev–Trinajstić information content (AvgIpc) is 2.60. The fourth-order valence-corrected chi connectivity index (χ4v) is 1.96. The molecule has 6 heteroatoms. The van der Waals surface area contributed by atoms with Gasteiger partial charge < -0.3 is 20.4 Å². The Labute approximate surface area is 80.9 Å². The van der Waals surface area contributed by atoms with Crippen molar-refractivity contribution in [2.75, 3.05) is 6.54 Å². The third-order valence-electron chi connectivity index (χ3n) is 2.66. The molecule has 0 fully saturated rings. The van der Waals surface area contributed by atoms with Crippen LogP contribution < -0.4 is 5.73 Å². The number of nitrogens with two attached hydrogens (primary N) is 1. The van der Waals surface area contributed by atoms with E-state index >= 15 is 0 Å². The van der Waals surface area contributed by atoms with E-state index in [9.17, 15) is 10.1 Å². The molecule has 0 radical (unpaired) electrons. The molecule has 0 saturated heterocycles. The Morgan fingerprint density at radius 3 is 3.21 bits per heavy atom. The minimum atomic E-state index is -0.426. The third kappa shape index (κ3) is 1.27. The molecule has 2 rings (SSSR count). The van der Waals surface area contributed by atoms with Crippen LogP contribution in [-0.4, -0.2) is 21.0 Å². The molecule has 14 heavy (non-hydrogen) atoms. The Morgan fingerprint density at radius 1 is 1.79 bits per heavy atom. The van der Waals surface area contributed by atoms with E-state index in [1.165, 1.54) is 6.33 Å². The fourth-order valence-electron chi connectivity index (χ4n) is 1.96. The number of nitro groups is 1. The van der Waals surface area contributed by atoms with Gasteiger partial charge >= 0.3 is 5.82 Å². The van der Waals surface area contributed by atoms with Gasteiger partial charge in [-0.25, -0.2) is 0 Å². The van der Waals surface area contributed by atoms with E-state index in [1.807, 2.05) is 4.57 Å². The van der Waals surface area contributed by atoms with Crippen molar-refractivity contribution >= 4 is 5.82 Å². The van der Waals surface area contributed by atoms with E-state index in [0.717, 1.165) is 25.0 Å². The summed E-state index contributed by atoms with van der Waals surface area (Å²) in [6, 6.07) is 0.181. The summed E-state index contributed by atoms with van der Waals surface area (Å²) in [4.78, 5) is 14.0. The highest BCUT2D eigenvalue weighted by Crippen LogP contribution is 2.29. The van der Waals surface area contributed by atoms with Gasteiger partial charge in [0.2, 0.25) is 6.33 Å². The maximum atomic E-state index is 10.6. The number of hydrogen-bond donors (Lipinski definition) is 1. The molecule has 2 N–H and O–H groups in total. The molecular weight excluding hydrogens is 184 g/mol. The van der Waals surface area contributed by atoms with Gasteiger partial charge in [-0.2, -0.15) is 0 Å². The molecule has 76 valence electrons. The molecule has 0 spiro atoms. The summed E-state index contributed by atoms with van der Waals surface area (Å²) in [5, 5.41) is 10.6. The van der Waals surface area contributed by atoms with Crippen molar-refractivity contribution < 1.29 is 4.92 Å². The Morgan fingerprint density at radius 2 is 2.57 bits per heavy atom. The number of nitrogens with zero attached hydrogens (tertiary/aromatic N) is 3. The highest BCUT2D eigenvalue weighted by atomic mass is 16.6. The maximum Gasteiger partial charge on any atom is 0.384 e. The molecule has 0 aliphatic carbocycles. The van der Waals surface area contributed by atoms with E-state index in [4.69, 9.17) is 5.73 Å². The molecule has 6 nitrogen and oxygen atoms in total. The van der Waals surface area contributed by atoms with Crippen LogP contribution in [0.2, 0.25) is 0 Å². The van der Waals surface area contributed by atoms with Crippen LogP contribution in [-0.2, 0) is 6.42 Å². The summed E-state index contributed by atoms with van der Waals surface area (Å²) in [5.41, 5.74) is 6.30. The van der Waals surface area contributed by atoms with Crippen LogP contribution in [0.1, 0.15) is 24.6 Å². The van der Waals surface area contributed by atoms with Crippen LogP contribution in [0.25, 0.3) is 0 Å². The molecule has 1 atom stereocenters. The lowest BCUT2D eigenvalue weighted by Gasteiger charge is -2.22. The van der Waals surface area contributed by atoms with Crippen LogP contribution in [0.4, 0.5) is 5.82 Å². The number of hydrogen-bond acceptors (Lipinski definition) is 4. The summed E-state index contributed by atoms with van der Waals surface area (Å²) in [5.74, 6) is -0.0110. The molecule has 0 bridgehead atoms. The quantitative estimate of drug-likeness (QED) is 0.555. The van der Waals surface area contributed by atoms with Crippen molar-refractivity contribution in [2.24, 2.45) is 5.73 Å². The van der Waals surface area contributed by atoms with Gasteiger partial charge in [0.25, 0.3) is 0 Å². The molecule has 1 aliphatic heterocycles. The van der Waals surface area contributed by atoms with Crippen LogP contribution in [0.15, 0.2) is 6.33 Å². The van der Waals surface area contributed by atoms with Crippen LogP contribution in [0.3, 0.4) is 0 Å². The lowest BCUT2D eigenvalue weighted by molar-refractivity contribution is -0.390. The normalized spacial score (nSPS) is 20.5. The molecule has 0 aromatic carbocycles. The van der Waals surface area contributed by atoms with Gasteiger partial charge in [0, 0.05) is 12.6 Å². The number of aromatic nitrogens is 2. The molecule has 0 amide bonds.